The van der Waals surface area contributed by atoms with Gasteiger partial charge in [0, 0.05) is 19.6 Å². The van der Waals surface area contributed by atoms with Crippen LogP contribution in [0, 0.1) is 5.92 Å². The van der Waals surface area contributed by atoms with Gasteiger partial charge in [-0.25, -0.2) is 4.72 Å². The number of nitrogens with two attached hydrogens (primary N) is 1. The molecule has 1 aromatic heterocycles. The smallest absolute Gasteiger partial charge is 0.279 e. The Morgan fingerprint density at radius 3 is 3.05 bits per heavy atom. The fourth-order valence-corrected chi connectivity index (χ4v) is 4.31. The monoisotopic (exact) mass is 303 g/mol. The molecule has 19 heavy (non-hydrogen) atoms. The van der Waals surface area contributed by atoms with Crippen LogP contribution in [0.25, 0.3) is 0 Å². The van der Waals surface area contributed by atoms with Gasteiger partial charge in [-0.1, -0.05) is 0 Å². The van der Waals surface area contributed by atoms with Gasteiger partial charge in [-0.15, -0.1) is 0 Å². The maximum atomic E-state index is 12.2. The van der Waals surface area contributed by atoms with Crippen molar-refractivity contribution in [2.75, 3.05) is 26.2 Å². The molecule has 2 heterocycles. The molecule has 0 aliphatic carbocycles. The summed E-state index contributed by atoms with van der Waals surface area (Å²) in [6.45, 7) is 2.15. The molecule has 2 rings (SSSR count). The van der Waals surface area contributed by atoms with Crippen molar-refractivity contribution in [2.24, 2.45) is 11.7 Å². The van der Waals surface area contributed by atoms with Crippen molar-refractivity contribution in [1.29, 1.82) is 0 Å². The Kier molecular flexibility index (Phi) is 5.35. The predicted molar refractivity (Wildman–Crippen MR) is 78.3 cm³/mol. The Balaban J connectivity index is 1.83. The first-order chi connectivity index (χ1) is 9.12. The fraction of sp³-hybridized carbons (Fsp3) is 0.667. The average Bonchev–Trinajstić information content (AvgIpc) is 2.92. The lowest BCUT2D eigenvalue weighted by atomic mass is 10.0. The molecular formula is C12H21N3O2S2. The maximum absolute atomic E-state index is 12.2. The molecule has 108 valence electrons. The third kappa shape index (κ3) is 4.25. The first kappa shape index (κ1) is 14.9. The van der Waals surface area contributed by atoms with Gasteiger partial charge in [0.1, 0.15) is 0 Å². The second-order valence-electron chi connectivity index (χ2n) is 4.88. The van der Waals surface area contributed by atoms with E-state index in [4.69, 9.17) is 5.73 Å². The van der Waals surface area contributed by atoms with Crippen LogP contribution in [0.1, 0.15) is 18.4 Å². The zero-order chi connectivity index (χ0) is 13.7. The third-order valence-corrected chi connectivity index (χ3v) is 5.75. The minimum Gasteiger partial charge on any atom is -0.330 e. The van der Waals surface area contributed by atoms with E-state index in [-0.39, 0.29) is 0 Å². The number of rotatable bonds is 6. The number of nitrogens with one attached hydrogen (secondary N) is 1. The molecule has 1 fully saturated rings. The molecule has 1 atom stereocenters. The Bertz CT molecular complexity index is 473. The van der Waals surface area contributed by atoms with Crippen LogP contribution in [0.2, 0.25) is 0 Å². The summed E-state index contributed by atoms with van der Waals surface area (Å²) in [5.41, 5.74) is 6.80. The lowest BCUT2D eigenvalue weighted by Crippen LogP contribution is -2.47. The highest BCUT2D eigenvalue weighted by molar-refractivity contribution is 7.87. The average molecular weight is 303 g/mol. The summed E-state index contributed by atoms with van der Waals surface area (Å²) in [5, 5.41) is 4.04. The lowest BCUT2D eigenvalue weighted by molar-refractivity contribution is 0.269. The van der Waals surface area contributed by atoms with Crippen molar-refractivity contribution in [3.05, 3.63) is 22.4 Å². The molecule has 1 aliphatic heterocycles. The zero-order valence-corrected chi connectivity index (χ0v) is 12.5. The molecule has 7 heteroatoms. The summed E-state index contributed by atoms with van der Waals surface area (Å²) in [7, 11) is -3.35. The van der Waals surface area contributed by atoms with Crippen molar-refractivity contribution in [2.45, 2.75) is 19.3 Å². The molecule has 3 N–H and O–H groups in total. The zero-order valence-electron chi connectivity index (χ0n) is 10.9. The lowest BCUT2D eigenvalue weighted by Gasteiger charge is -2.31. The predicted octanol–water partition coefficient (Wildman–Crippen LogP) is 0.796. The summed E-state index contributed by atoms with van der Waals surface area (Å²) in [5.74, 6) is 0.294. The molecule has 0 aromatic carbocycles. The highest BCUT2D eigenvalue weighted by Gasteiger charge is 2.27. The van der Waals surface area contributed by atoms with Gasteiger partial charge >= 0.3 is 0 Å². The van der Waals surface area contributed by atoms with Gasteiger partial charge in [0.05, 0.1) is 0 Å². The number of hydrogen-bond donors (Lipinski definition) is 2. The van der Waals surface area contributed by atoms with Crippen LogP contribution in [-0.4, -0.2) is 38.9 Å². The van der Waals surface area contributed by atoms with Crippen LogP contribution in [0.15, 0.2) is 16.8 Å². The van der Waals surface area contributed by atoms with Crippen LogP contribution in [-0.2, 0) is 16.6 Å². The van der Waals surface area contributed by atoms with E-state index in [0.29, 0.717) is 32.1 Å². The van der Waals surface area contributed by atoms with Crippen LogP contribution in [0.3, 0.4) is 0 Å². The molecular weight excluding hydrogens is 282 g/mol. The Morgan fingerprint density at radius 1 is 1.53 bits per heavy atom. The molecule has 1 aromatic rings. The second kappa shape index (κ2) is 6.81. The molecule has 0 spiro atoms. The normalized spacial score (nSPS) is 21.6. The first-order valence-electron chi connectivity index (χ1n) is 6.57. The SMILES string of the molecule is NCC1CCCN(S(=O)(=O)NCCc2ccsc2)C1. The summed E-state index contributed by atoms with van der Waals surface area (Å²) < 4.78 is 28.5. The number of hydrogen-bond acceptors (Lipinski definition) is 4. The highest BCUT2D eigenvalue weighted by atomic mass is 32.2. The second-order valence-corrected chi connectivity index (χ2v) is 7.42. The van der Waals surface area contributed by atoms with Gasteiger partial charge in [-0.05, 0) is 54.1 Å². The van der Waals surface area contributed by atoms with Crippen LogP contribution in [0.4, 0.5) is 0 Å². The molecule has 5 nitrogen and oxygen atoms in total. The Hall–Kier alpha value is -0.470. The number of piperidine rings is 1. The van der Waals surface area contributed by atoms with Crippen molar-refractivity contribution in [3.63, 3.8) is 0 Å². The van der Waals surface area contributed by atoms with Crippen LogP contribution >= 0.6 is 11.3 Å². The molecule has 0 saturated carbocycles. The van der Waals surface area contributed by atoms with Gasteiger partial charge in [-0.2, -0.15) is 24.1 Å². The number of nitrogens with zero attached hydrogens (tertiary/aromatic N) is 1. The van der Waals surface area contributed by atoms with E-state index in [9.17, 15) is 8.42 Å². The Labute approximate surface area is 119 Å². The van der Waals surface area contributed by atoms with E-state index >= 15 is 0 Å². The van der Waals surface area contributed by atoms with Crippen molar-refractivity contribution in [1.82, 2.24) is 9.03 Å². The summed E-state index contributed by atoms with van der Waals surface area (Å²) in [6.07, 6.45) is 2.65. The maximum Gasteiger partial charge on any atom is 0.279 e. The molecule has 0 bridgehead atoms. The topological polar surface area (TPSA) is 75.4 Å². The van der Waals surface area contributed by atoms with E-state index in [0.717, 1.165) is 19.3 Å². The molecule has 0 radical (unpaired) electrons. The molecule has 1 unspecified atom stereocenters. The van der Waals surface area contributed by atoms with Gasteiger partial charge < -0.3 is 5.73 Å². The van der Waals surface area contributed by atoms with E-state index in [1.807, 2.05) is 16.8 Å². The van der Waals surface area contributed by atoms with Crippen molar-refractivity contribution >= 4 is 21.5 Å². The van der Waals surface area contributed by atoms with Crippen molar-refractivity contribution in [3.8, 4) is 0 Å². The van der Waals surface area contributed by atoms with E-state index in [1.165, 1.54) is 9.87 Å². The summed E-state index contributed by atoms with van der Waals surface area (Å²) >= 11 is 1.63. The van der Waals surface area contributed by atoms with Gasteiger partial charge in [0.25, 0.3) is 10.2 Å². The standard InChI is InChI=1S/C12H21N3O2S2/c13-8-12-2-1-6-15(9-12)19(16,17)14-5-3-11-4-7-18-10-11/h4,7,10,12,14H,1-3,5-6,8-9,13H2. The van der Waals surface area contributed by atoms with E-state index in [1.54, 1.807) is 11.3 Å². The highest BCUT2D eigenvalue weighted by Crippen LogP contribution is 2.17. The fourth-order valence-electron chi connectivity index (χ4n) is 2.29. The minimum absolute atomic E-state index is 0.294. The van der Waals surface area contributed by atoms with Crippen LogP contribution in [0.5, 0.6) is 0 Å². The largest absolute Gasteiger partial charge is 0.330 e. The third-order valence-electron chi connectivity index (χ3n) is 3.43. The number of thiophene rings is 1. The Morgan fingerprint density at radius 2 is 2.37 bits per heavy atom. The van der Waals surface area contributed by atoms with E-state index < -0.39 is 10.2 Å². The van der Waals surface area contributed by atoms with Gasteiger partial charge in [0.2, 0.25) is 0 Å². The van der Waals surface area contributed by atoms with Crippen molar-refractivity contribution < 1.29 is 8.42 Å². The van der Waals surface area contributed by atoms with Crippen LogP contribution < -0.4 is 10.5 Å². The first-order valence-corrected chi connectivity index (χ1v) is 8.96. The van der Waals surface area contributed by atoms with E-state index in [2.05, 4.69) is 4.72 Å². The van der Waals surface area contributed by atoms with Gasteiger partial charge in [0.15, 0.2) is 0 Å². The summed E-state index contributed by atoms with van der Waals surface area (Å²) in [4.78, 5) is 0. The minimum atomic E-state index is -3.35. The van der Waals surface area contributed by atoms with Gasteiger partial charge in [-0.3, -0.25) is 0 Å². The summed E-state index contributed by atoms with van der Waals surface area (Å²) in [6, 6.07) is 2.02. The molecule has 1 aliphatic rings. The molecule has 0 amide bonds. The quantitative estimate of drug-likeness (QED) is 0.816. The molecule has 1 saturated heterocycles.